The minimum absolute atomic E-state index is 0.892. The van der Waals surface area contributed by atoms with Crippen LogP contribution in [0.5, 0.6) is 0 Å². The molecule has 0 fully saturated rings. The summed E-state index contributed by atoms with van der Waals surface area (Å²) in [6.45, 7) is 0.892. The van der Waals surface area contributed by atoms with Crippen LogP contribution in [0, 0.1) is 0 Å². The molecule has 1 aromatic heterocycles. The average Bonchev–Trinajstić information content (AvgIpc) is 2.94. The van der Waals surface area contributed by atoms with Crippen molar-refractivity contribution in [3.8, 4) is 0 Å². The number of nitrogens with zero attached hydrogens (tertiary/aromatic N) is 1. The molecule has 3 aromatic carbocycles. The van der Waals surface area contributed by atoms with E-state index in [0.717, 1.165) is 6.54 Å². The van der Waals surface area contributed by atoms with Gasteiger partial charge >= 0.3 is 0 Å². The molecule has 2 heteroatoms. The van der Waals surface area contributed by atoms with Gasteiger partial charge in [-0.3, -0.25) is 0 Å². The van der Waals surface area contributed by atoms with Crippen molar-refractivity contribution in [1.82, 2.24) is 4.57 Å². The van der Waals surface area contributed by atoms with Crippen LogP contribution in [-0.4, -0.2) is 4.57 Å². The van der Waals surface area contributed by atoms with E-state index >= 15 is 0 Å². The van der Waals surface area contributed by atoms with Crippen molar-refractivity contribution in [2.45, 2.75) is 16.5 Å². The van der Waals surface area contributed by atoms with Gasteiger partial charge in [-0.05, 0) is 29.8 Å². The molecule has 0 atom stereocenters. The largest absolute Gasteiger partial charge is 0.331 e. The molecule has 112 valence electrons. The number of para-hydroxylation sites is 1. The molecule has 4 rings (SSSR count). The molecule has 0 N–H and O–H groups in total. The van der Waals surface area contributed by atoms with E-state index in [0.29, 0.717) is 0 Å². The van der Waals surface area contributed by atoms with Crippen molar-refractivity contribution in [3.05, 3.63) is 96.6 Å². The number of hydrogen-bond acceptors (Lipinski definition) is 1. The fraction of sp³-hybridized carbons (Fsp3) is 0.0476. The maximum Gasteiger partial charge on any atom is 0.0810 e. The van der Waals surface area contributed by atoms with Crippen molar-refractivity contribution < 1.29 is 0 Å². The van der Waals surface area contributed by atoms with Gasteiger partial charge in [0.2, 0.25) is 0 Å². The van der Waals surface area contributed by atoms with Gasteiger partial charge < -0.3 is 4.57 Å². The van der Waals surface area contributed by atoms with Crippen LogP contribution in [0.2, 0.25) is 0 Å². The van der Waals surface area contributed by atoms with Gasteiger partial charge in [-0.1, -0.05) is 78.5 Å². The van der Waals surface area contributed by atoms with Gasteiger partial charge in [0.05, 0.1) is 5.03 Å². The summed E-state index contributed by atoms with van der Waals surface area (Å²) in [6.07, 6.45) is 0. The lowest BCUT2D eigenvalue weighted by atomic mass is 10.2. The molecule has 0 spiro atoms. The molecule has 4 aromatic rings. The minimum Gasteiger partial charge on any atom is -0.331 e. The molecule has 0 amide bonds. The van der Waals surface area contributed by atoms with Gasteiger partial charge in [0.1, 0.15) is 0 Å². The van der Waals surface area contributed by atoms with Crippen molar-refractivity contribution in [3.63, 3.8) is 0 Å². The molecule has 0 bridgehead atoms. The summed E-state index contributed by atoms with van der Waals surface area (Å²) in [6, 6.07) is 32.1. The fourth-order valence-electron chi connectivity index (χ4n) is 2.81. The lowest BCUT2D eigenvalue weighted by molar-refractivity contribution is 0.761. The zero-order valence-electron chi connectivity index (χ0n) is 12.7. The Morgan fingerprint density at radius 3 is 2.13 bits per heavy atom. The first-order valence-corrected chi connectivity index (χ1v) is 8.57. The van der Waals surface area contributed by atoms with Crippen LogP contribution in [-0.2, 0) is 6.54 Å². The van der Waals surface area contributed by atoms with E-state index < -0.39 is 0 Å². The summed E-state index contributed by atoms with van der Waals surface area (Å²) in [4.78, 5) is 1.27. The maximum absolute atomic E-state index is 2.41. The van der Waals surface area contributed by atoms with Gasteiger partial charge in [0, 0.05) is 22.3 Å². The van der Waals surface area contributed by atoms with E-state index in [-0.39, 0.29) is 0 Å². The predicted molar refractivity (Wildman–Crippen MR) is 98.0 cm³/mol. The third kappa shape index (κ3) is 3.03. The highest BCUT2D eigenvalue weighted by Crippen LogP contribution is 2.33. The summed E-state index contributed by atoms with van der Waals surface area (Å²) in [7, 11) is 0. The summed E-state index contributed by atoms with van der Waals surface area (Å²) < 4.78 is 2.41. The quantitative estimate of drug-likeness (QED) is 0.458. The average molecular weight is 315 g/mol. The van der Waals surface area contributed by atoms with Crippen LogP contribution in [0.4, 0.5) is 0 Å². The Hall–Kier alpha value is -2.45. The Bertz CT molecular complexity index is 910. The Labute approximate surface area is 140 Å². The van der Waals surface area contributed by atoms with Gasteiger partial charge in [0.25, 0.3) is 0 Å². The standard InChI is InChI=1S/C21H17NS/c1-3-9-17(10-4-1)16-22-20-14-8-7-11-18(20)15-21(22)23-19-12-5-2-6-13-19/h1-15H,16H2. The molecule has 0 saturated heterocycles. The van der Waals surface area contributed by atoms with E-state index in [1.807, 2.05) is 11.8 Å². The molecule has 1 nitrogen and oxygen atoms in total. The van der Waals surface area contributed by atoms with Crippen LogP contribution in [0.25, 0.3) is 10.9 Å². The summed E-state index contributed by atoms with van der Waals surface area (Å²) in [5, 5.41) is 2.57. The number of fused-ring (bicyclic) bond motifs is 1. The number of hydrogen-bond donors (Lipinski definition) is 0. The van der Waals surface area contributed by atoms with Crippen LogP contribution < -0.4 is 0 Å². The normalized spacial score (nSPS) is 11.0. The SMILES string of the molecule is c1ccc(Cn2c(Sc3ccccc3)cc3ccccc32)cc1. The predicted octanol–water partition coefficient (Wildman–Crippen LogP) is 5.84. The molecule has 23 heavy (non-hydrogen) atoms. The highest BCUT2D eigenvalue weighted by Gasteiger charge is 2.10. The molecule has 0 aliphatic heterocycles. The second kappa shape index (κ2) is 6.35. The van der Waals surface area contributed by atoms with Crippen molar-refractivity contribution >= 4 is 22.7 Å². The van der Waals surface area contributed by atoms with Crippen molar-refractivity contribution in [1.29, 1.82) is 0 Å². The summed E-state index contributed by atoms with van der Waals surface area (Å²) in [5.41, 5.74) is 2.61. The van der Waals surface area contributed by atoms with Gasteiger partial charge in [-0.15, -0.1) is 0 Å². The highest BCUT2D eigenvalue weighted by molar-refractivity contribution is 7.99. The smallest absolute Gasteiger partial charge is 0.0810 e. The molecular formula is C21H17NS. The Kier molecular flexibility index (Phi) is 3.91. The second-order valence-electron chi connectivity index (χ2n) is 5.53. The molecule has 0 aliphatic carbocycles. The molecule has 0 saturated carbocycles. The topological polar surface area (TPSA) is 4.93 Å². The second-order valence-corrected chi connectivity index (χ2v) is 6.62. The van der Waals surface area contributed by atoms with Gasteiger partial charge in [-0.25, -0.2) is 0 Å². The van der Waals surface area contributed by atoms with Crippen molar-refractivity contribution in [2.75, 3.05) is 0 Å². The van der Waals surface area contributed by atoms with Gasteiger partial charge in [-0.2, -0.15) is 0 Å². The van der Waals surface area contributed by atoms with E-state index in [1.54, 1.807) is 0 Å². The first-order chi connectivity index (χ1) is 11.4. The van der Waals surface area contributed by atoms with E-state index in [2.05, 4.69) is 95.6 Å². The lowest BCUT2D eigenvalue weighted by Gasteiger charge is -2.11. The molecular weight excluding hydrogens is 298 g/mol. The zero-order valence-corrected chi connectivity index (χ0v) is 13.5. The monoisotopic (exact) mass is 315 g/mol. The van der Waals surface area contributed by atoms with E-state index in [9.17, 15) is 0 Å². The highest BCUT2D eigenvalue weighted by atomic mass is 32.2. The molecule has 0 radical (unpaired) electrons. The molecule has 0 aliphatic rings. The third-order valence-electron chi connectivity index (χ3n) is 3.92. The van der Waals surface area contributed by atoms with E-state index in [4.69, 9.17) is 0 Å². The Morgan fingerprint density at radius 2 is 1.35 bits per heavy atom. The Balaban J connectivity index is 1.78. The fourth-order valence-corrected chi connectivity index (χ4v) is 3.80. The van der Waals surface area contributed by atoms with Crippen LogP contribution in [0.3, 0.4) is 0 Å². The maximum atomic E-state index is 2.41. The lowest BCUT2D eigenvalue weighted by Crippen LogP contribution is -2.00. The zero-order chi connectivity index (χ0) is 15.5. The van der Waals surface area contributed by atoms with E-state index in [1.165, 1.54) is 26.4 Å². The third-order valence-corrected chi connectivity index (χ3v) is 4.98. The summed E-state index contributed by atoms with van der Waals surface area (Å²) in [5.74, 6) is 0. The first-order valence-electron chi connectivity index (χ1n) is 7.75. The number of rotatable bonds is 4. The first kappa shape index (κ1) is 14.2. The van der Waals surface area contributed by atoms with Crippen LogP contribution >= 0.6 is 11.8 Å². The summed E-state index contributed by atoms with van der Waals surface area (Å²) >= 11 is 1.82. The molecule has 1 heterocycles. The number of aromatic nitrogens is 1. The Morgan fingerprint density at radius 1 is 0.696 bits per heavy atom. The van der Waals surface area contributed by atoms with Crippen LogP contribution in [0.15, 0.2) is 101 Å². The van der Waals surface area contributed by atoms with Crippen LogP contribution in [0.1, 0.15) is 5.56 Å². The van der Waals surface area contributed by atoms with Gasteiger partial charge in [0.15, 0.2) is 0 Å². The molecule has 0 unspecified atom stereocenters. The number of benzene rings is 3. The van der Waals surface area contributed by atoms with Crippen molar-refractivity contribution in [2.24, 2.45) is 0 Å². The minimum atomic E-state index is 0.892.